The molecule has 124 valence electrons. The van der Waals surface area contributed by atoms with E-state index in [4.69, 9.17) is 13.9 Å². The molecule has 6 nitrogen and oxygen atoms in total. The first-order valence-electron chi connectivity index (χ1n) is 7.55. The zero-order valence-electron chi connectivity index (χ0n) is 13.9. The third-order valence-corrected chi connectivity index (χ3v) is 3.68. The number of nitrogens with zero attached hydrogens (tertiary/aromatic N) is 2. The molecule has 3 rings (SSSR count). The maximum atomic E-state index is 5.74. The van der Waals surface area contributed by atoms with E-state index in [0.717, 1.165) is 22.6 Å². The van der Waals surface area contributed by atoms with Gasteiger partial charge in [0, 0.05) is 11.6 Å². The second-order valence-electron chi connectivity index (χ2n) is 5.24. The van der Waals surface area contributed by atoms with Crippen LogP contribution in [0.4, 0.5) is 5.69 Å². The summed E-state index contributed by atoms with van der Waals surface area (Å²) in [6.07, 6.45) is 0. The minimum absolute atomic E-state index is 0.404. The SMILES string of the molecule is COc1ccc(NCc2nnc(-c3ccccc3C)o2)c(OC)c1. The maximum Gasteiger partial charge on any atom is 0.248 e. The Bertz CT molecular complexity index is 830. The van der Waals surface area contributed by atoms with Crippen molar-refractivity contribution in [2.24, 2.45) is 0 Å². The quantitative estimate of drug-likeness (QED) is 0.745. The number of hydrogen-bond acceptors (Lipinski definition) is 6. The number of anilines is 1. The Balaban J connectivity index is 1.73. The van der Waals surface area contributed by atoms with Gasteiger partial charge in [0.1, 0.15) is 11.5 Å². The van der Waals surface area contributed by atoms with Crippen molar-refractivity contribution in [2.75, 3.05) is 19.5 Å². The van der Waals surface area contributed by atoms with Crippen molar-refractivity contribution >= 4 is 5.69 Å². The van der Waals surface area contributed by atoms with E-state index in [0.29, 0.717) is 24.1 Å². The normalized spacial score (nSPS) is 10.5. The van der Waals surface area contributed by atoms with Crippen molar-refractivity contribution in [1.82, 2.24) is 10.2 Å². The predicted molar refractivity (Wildman–Crippen MR) is 91.3 cm³/mol. The van der Waals surface area contributed by atoms with Crippen LogP contribution in [0.5, 0.6) is 11.5 Å². The number of hydrogen-bond donors (Lipinski definition) is 1. The van der Waals surface area contributed by atoms with Crippen molar-refractivity contribution in [3.63, 3.8) is 0 Å². The summed E-state index contributed by atoms with van der Waals surface area (Å²) in [6, 6.07) is 13.5. The Hall–Kier alpha value is -3.02. The molecule has 1 N–H and O–H groups in total. The van der Waals surface area contributed by atoms with Gasteiger partial charge in [-0.05, 0) is 30.7 Å². The van der Waals surface area contributed by atoms with Crippen LogP contribution in [0.2, 0.25) is 0 Å². The summed E-state index contributed by atoms with van der Waals surface area (Å²) in [5.41, 5.74) is 2.87. The highest BCUT2D eigenvalue weighted by Gasteiger charge is 2.11. The molecule has 0 aliphatic carbocycles. The van der Waals surface area contributed by atoms with Crippen molar-refractivity contribution in [3.05, 3.63) is 53.9 Å². The van der Waals surface area contributed by atoms with Gasteiger partial charge in [-0.3, -0.25) is 0 Å². The number of methoxy groups -OCH3 is 2. The number of ether oxygens (including phenoxy) is 2. The van der Waals surface area contributed by atoms with Crippen molar-refractivity contribution < 1.29 is 13.9 Å². The van der Waals surface area contributed by atoms with Crippen LogP contribution in [0.1, 0.15) is 11.5 Å². The van der Waals surface area contributed by atoms with Gasteiger partial charge in [-0.2, -0.15) is 0 Å². The summed E-state index contributed by atoms with van der Waals surface area (Å²) < 4.78 is 16.3. The van der Waals surface area contributed by atoms with Gasteiger partial charge in [-0.15, -0.1) is 10.2 Å². The van der Waals surface area contributed by atoms with E-state index in [1.807, 2.05) is 49.4 Å². The van der Waals surface area contributed by atoms with Gasteiger partial charge in [0.25, 0.3) is 0 Å². The Morgan fingerprint density at radius 1 is 1.04 bits per heavy atom. The topological polar surface area (TPSA) is 69.4 Å². The molecule has 0 bridgehead atoms. The second kappa shape index (κ2) is 7.04. The lowest BCUT2D eigenvalue weighted by Crippen LogP contribution is -2.02. The van der Waals surface area contributed by atoms with Crippen LogP contribution in [0.25, 0.3) is 11.5 Å². The molecular weight excluding hydrogens is 306 g/mol. The molecule has 6 heteroatoms. The van der Waals surface area contributed by atoms with E-state index >= 15 is 0 Å². The van der Waals surface area contributed by atoms with E-state index in [1.54, 1.807) is 14.2 Å². The van der Waals surface area contributed by atoms with E-state index in [2.05, 4.69) is 15.5 Å². The van der Waals surface area contributed by atoms with E-state index in [-0.39, 0.29) is 0 Å². The standard InChI is InChI=1S/C18H19N3O3/c1-12-6-4-5-7-14(12)18-21-20-17(24-18)11-19-15-9-8-13(22-2)10-16(15)23-3/h4-10,19H,11H2,1-3H3. The monoisotopic (exact) mass is 325 g/mol. The fourth-order valence-corrected chi connectivity index (χ4v) is 2.36. The molecule has 24 heavy (non-hydrogen) atoms. The van der Waals surface area contributed by atoms with Crippen LogP contribution < -0.4 is 14.8 Å². The minimum atomic E-state index is 0.404. The van der Waals surface area contributed by atoms with Gasteiger partial charge >= 0.3 is 0 Å². The Morgan fingerprint density at radius 2 is 1.88 bits per heavy atom. The summed E-state index contributed by atoms with van der Waals surface area (Å²) in [5.74, 6) is 2.45. The zero-order chi connectivity index (χ0) is 16.9. The molecular formula is C18H19N3O3. The Labute approximate surface area is 140 Å². The highest BCUT2D eigenvalue weighted by Crippen LogP contribution is 2.29. The van der Waals surface area contributed by atoms with Gasteiger partial charge in [-0.25, -0.2) is 0 Å². The Morgan fingerprint density at radius 3 is 2.62 bits per heavy atom. The maximum absolute atomic E-state index is 5.74. The average molecular weight is 325 g/mol. The van der Waals surface area contributed by atoms with Crippen LogP contribution in [-0.4, -0.2) is 24.4 Å². The lowest BCUT2D eigenvalue weighted by atomic mass is 10.1. The molecule has 0 aliphatic rings. The van der Waals surface area contributed by atoms with E-state index in [9.17, 15) is 0 Å². The van der Waals surface area contributed by atoms with Crippen molar-refractivity contribution in [3.8, 4) is 23.0 Å². The van der Waals surface area contributed by atoms with Crippen molar-refractivity contribution in [2.45, 2.75) is 13.5 Å². The molecule has 1 heterocycles. The van der Waals surface area contributed by atoms with Gasteiger partial charge in [0.15, 0.2) is 0 Å². The molecule has 0 aliphatic heterocycles. The molecule has 0 fully saturated rings. The van der Waals surface area contributed by atoms with Crippen LogP contribution in [-0.2, 0) is 6.54 Å². The van der Waals surface area contributed by atoms with Gasteiger partial charge in [0.05, 0.1) is 26.5 Å². The summed E-state index contributed by atoms with van der Waals surface area (Å²) in [5, 5.41) is 11.4. The molecule has 0 amide bonds. The number of nitrogens with one attached hydrogen (secondary N) is 1. The van der Waals surface area contributed by atoms with Gasteiger partial charge < -0.3 is 19.2 Å². The number of benzene rings is 2. The molecule has 0 spiro atoms. The first-order valence-corrected chi connectivity index (χ1v) is 7.55. The smallest absolute Gasteiger partial charge is 0.248 e. The fourth-order valence-electron chi connectivity index (χ4n) is 2.36. The lowest BCUT2D eigenvalue weighted by Gasteiger charge is -2.11. The fraction of sp³-hybridized carbons (Fsp3) is 0.222. The van der Waals surface area contributed by atoms with Crippen LogP contribution in [0.15, 0.2) is 46.9 Å². The summed E-state index contributed by atoms with van der Waals surface area (Å²) >= 11 is 0. The second-order valence-corrected chi connectivity index (χ2v) is 5.24. The van der Waals surface area contributed by atoms with Crippen LogP contribution in [0, 0.1) is 6.92 Å². The van der Waals surface area contributed by atoms with Crippen LogP contribution >= 0.6 is 0 Å². The highest BCUT2D eigenvalue weighted by molar-refractivity contribution is 5.59. The molecule has 0 saturated heterocycles. The molecule has 0 radical (unpaired) electrons. The molecule has 0 atom stereocenters. The minimum Gasteiger partial charge on any atom is -0.497 e. The summed E-state index contributed by atoms with van der Waals surface area (Å²) in [7, 11) is 3.23. The zero-order valence-corrected chi connectivity index (χ0v) is 13.9. The number of rotatable bonds is 6. The first-order chi connectivity index (χ1) is 11.7. The van der Waals surface area contributed by atoms with E-state index < -0.39 is 0 Å². The average Bonchev–Trinajstić information content (AvgIpc) is 3.09. The van der Waals surface area contributed by atoms with Gasteiger partial charge in [0.2, 0.25) is 11.8 Å². The summed E-state index contributed by atoms with van der Waals surface area (Å²) in [6.45, 7) is 2.42. The van der Waals surface area contributed by atoms with Gasteiger partial charge in [-0.1, -0.05) is 18.2 Å². The summed E-state index contributed by atoms with van der Waals surface area (Å²) in [4.78, 5) is 0. The Kier molecular flexibility index (Phi) is 4.65. The lowest BCUT2D eigenvalue weighted by molar-refractivity contribution is 0.395. The molecule has 1 aromatic heterocycles. The first kappa shape index (κ1) is 15.9. The number of aryl methyl sites for hydroxylation is 1. The molecule has 3 aromatic rings. The predicted octanol–water partition coefficient (Wildman–Crippen LogP) is 3.67. The number of aromatic nitrogens is 2. The third-order valence-electron chi connectivity index (χ3n) is 3.68. The molecule has 0 saturated carbocycles. The molecule has 0 unspecified atom stereocenters. The third kappa shape index (κ3) is 3.32. The molecule has 2 aromatic carbocycles. The van der Waals surface area contributed by atoms with Crippen molar-refractivity contribution in [1.29, 1.82) is 0 Å². The largest absolute Gasteiger partial charge is 0.497 e. The highest BCUT2D eigenvalue weighted by atomic mass is 16.5. The van der Waals surface area contributed by atoms with E-state index in [1.165, 1.54) is 0 Å². The van der Waals surface area contributed by atoms with Crippen LogP contribution in [0.3, 0.4) is 0 Å².